The summed E-state index contributed by atoms with van der Waals surface area (Å²) in [4.78, 5) is 12.6. The van der Waals surface area contributed by atoms with Crippen molar-refractivity contribution in [3.8, 4) is 11.1 Å². The van der Waals surface area contributed by atoms with Crippen LogP contribution in [0.25, 0.3) is 11.1 Å². The van der Waals surface area contributed by atoms with Crippen LogP contribution in [0.2, 0.25) is 0 Å². The number of nitrogens with two attached hydrogens (primary N) is 1. The van der Waals surface area contributed by atoms with Gasteiger partial charge in [0.15, 0.2) is 0 Å². The van der Waals surface area contributed by atoms with E-state index in [-0.39, 0.29) is 0 Å². The zero-order valence-corrected chi connectivity index (χ0v) is 11.0. The molecule has 0 saturated carbocycles. The molecule has 20 heavy (non-hydrogen) atoms. The van der Waals surface area contributed by atoms with Crippen LogP contribution in [0.4, 0.5) is 4.79 Å². The van der Waals surface area contributed by atoms with Crippen molar-refractivity contribution in [2.24, 2.45) is 5.73 Å². The topological polar surface area (TPSA) is 66.6 Å². The molecular formula is C16H16N2O2. The summed E-state index contributed by atoms with van der Waals surface area (Å²) in [7, 11) is 0. The van der Waals surface area contributed by atoms with Gasteiger partial charge in [0.1, 0.15) is 0 Å². The van der Waals surface area contributed by atoms with Crippen LogP contribution in [-0.2, 0) is 19.6 Å². The summed E-state index contributed by atoms with van der Waals surface area (Å²) in [5.41, 5.74) is 11.1. The Morgan fingerprint density at radius 1 is 1.20 bits per heavy atom. The van der Waals surface area contributed by atoms with Gasteiger partial charge in [0.2, 0.25) is 0 Å². The Morgan fingerprint density at radius 3 is 2.60 bits per heavy atom. The largest absolute Gasteiger partial charge is 0.465 e. The van der Waals surface area contributed by atoms with Crippen LogP contribution in [0.1, 0.15) is 16.7 Å². The minimum absolute atomic E-state index is 0.443. The van der Waals surface area contributed by atoms with Gasteiger partial charge >= 0.3 is 6.09 Å². The number of carbonyl (C=O) groups is 1. The smallest absolute Gasteiger partial charge is 0.407 e. The van der Waals surface area contributed by atoms with E-state index in [9.17, 15) is 9.90 Å². The zero-order valence-electron chi connectivity index (χ0n) is 11.0. The third kappa shape index (κ3) is 2.14. The molecule has 4 nitrogen and oxygen atoms in total. The maximum absolute atomic E-state index is 11.2. The number of hydrogen-bond donors (Lipinski definition) is 2. The molecule has 4 heteroatoms. The van der Waals surface area contributed by atoms with Crippen LogP contribution in [-0.4, -0.2) is 16.1 Å². The first-order chi connectivity index (χ1) is 9.69. The quantitative estimate of drug-likeness (QED) is 0.880. The van der Waals surface area contributed by atoms with Crippen molar-refractivity contribution in [1.82, 2.24) is 4.90 Å². The predicted molar refractivity (Wildman–Crippen MR) is 77.0 cm³/mol. The average molecular weight is 268 g/mol. The SMILES string of the molecule is NCc1cc2c(c(-c3ccccc3)c1)CN(C(=O)O)C2. The van der Waals surface area contributed by atoms with E-state index in [1.54, 1.807) is 0 Å². The lowest BCUT2D eigenvalue weighted by Crippen LogP contribution is -2.22. The number of benzene rings is 2. The Morgan fingerprint density at radius 2 is 1.95 bits per heavy atom. The van der Waals surface area contributed by atoms with E-state index in [1.807, 2.05) is 36.4 Å². The highest BCUT2D eigenvalue weighted by Crippen LogP contribution is 2.34. The molecule has 3 rings (SSSR count). The van der Waals surface area contributed by atoms with Gasteiger partial charge in [0, 0.05) is 13.1 Å². The first-order valence-electron chi connectivity index (χ1n) is 6.57. The summed E-state index contributed by atoms with van der Waals surface area (Å²) in [5, 5.41) is 9.17. The highest BCUT2D eigenvalue weighted by Gasteiger charge is 2.26. The third-order valence-electron chi connectivity index (χ3n) is 3.70. The molecule has 0 aromatic heterocycles. The molecule has 1 aliphatic heterocycles. The van der Waals surface area contributed by atoms with Crippen molar-refractivity contribution in [2.45, 2.75) is 19.6 Å². The van der Waals surface area contributed by atoms with Crippen molar-refractivity contribution in [3.63, 3.8) is 0 Å². The average Bonchev–Trinajstić information content (AvgIpc) is 2.91. The molecule has 0 unspecified atom stereocenters. The Balaban J connectivity index is 2.12. The molecule has 1 aliphatic rings. The third-order valence-corrected chi connectivity index (χ3v) is 3.70. The van der Waals surface area contributed by atoms with Crippen molar-refractivity contribution in [1.29, 1.82) is 0 Å². The van der Waals surface area contributed by atoms with E-state index < -0.39 is 6.09 Å². The fourth-order valence-electron chi connectivity index (χ4n) is 2.71. The molecule has 2 aromatic carbocycles. The summed E-state index contributed by atoms with van der Waals surface area (Å²) in [5.74, 6) is 0. The Kier molecular flexibility index (Phi) is 3.16. The first kappa shape index (κ1) is 12.7. The van der Waals surface area contributed by atoms with Gasteiger partial charge in [0.25, 0.3) is 0 Å². The van der Waals surface area contributed by atoms with E-state index in [0.29, 0.717) is 19.6 Å². The van der Waals surface area contributed by atoms with E-state index in [1.165, 1.54) is 4.90 Å². The van der Waals surface area contributed by atoms with Crippen molar-refractivity contribution in [2.75, 3.05) is 0 Å². The van der Waals surface area contributed by atoms with E-state index >= 15 is 0 Å². The number of nitrogens with zero attached hydrogens (tertiary/aromatic N) is 1. The summed E-state index contributed by atoms with van der Waals surface area (Å²) >= 11 is 0. The molecule has 3 N–H and O–H groups in total. The molecule has 102 valence electrons. The van der Waals surface area contributed by atoms with Crippen molar-refractivity contribution >= 4 is 6.09 Å². The molecule has 2 aromatic rings. The Bertz CT molecular complexity index is 653. The van der Waals surface area contributed by atoms with Gasteiger partial charge in [-0.1, -0.05) is 36.4 Å². The molecule has 0 saturated heterocycles. The lowest BCUT2D eigenvalue weighted by atomic mass is 9.94. The number of rotatable bonds is 2. The van der Waals surface area contributed by atoms with Gasteiger partial charge in [-0.3, -0.25) is 4.90 Å². The fourth-order valence-corrected chi connectivity index (χ4v) is 2.71. The minimum atomic E-state index is -0.880. The first-order valence-corrected chi connectivity index (χ1v) is 6.57. The molecule has 0 radical (unpaired) electrons. The highest BCUT2D eigenvalue weighted by molar-refractivity contribution is 5.73. The van der Waals surface area contributed by atoms with E-state index in [4.69, 9.17) is 5.73 Å². The molecule has 1 amide bonds. The van der Waals surface area contributed by atoms with Crippen LogP contribution in [0, 0.1) is 0 Å². The second-order valence-electron chi connectivity index (χ2n) is 4.99. The predicted octanol–water partition coefficient (Wildman–Crippen LogP) is 2.81. The van der Waals surface area contributed by atoms with Crippen molar-refractivity contribution in [3.05, 3.63) is 59.2 Å². The maximum atomic E-state index is 11.2. The van der Waals surface area contributed by atoms with E-state index in [0.717, 1.165) is 27.8 Å². The summed E-state index contributed by atoms with van der Waals surface area (Å²) in [6.07, 6.45) is -0.880. The van der Waals surface area contributed by atoms with Gasteiger partial charge in [0.05, 0.1) is 6.54 Å². The fraction of sp³-hybridized carbons (Fsp3) is 0.188. The molecule has 0 bridgehead atoms. The molecule has 0 aliphatic carbocycles. The highest BCUT2D eigenvalue weighted by atomic mass is 16.4. The summed E-state index contributed by atoms with van der Waals surface area (Å²) in [6.45, 7) is 1.35. The van der Waals surface area contributed by atoms with Crippen LogP contribution in [0.15, 0.2) is 42.5 Å². The molecule has 0 atom stereocenters. The lowest BCUT2D eigenvalue weighted by molar-refractivity contribution is 0.145. The normalized spacial score (nSPS) is 13.3. The van der Waals surface area contributed by atoms with Gasteiger partial charge in [-0.15, -0.1) is 0 Å². The number of carboxylic acid groups (broad SMARTS) is 1. The number of fused-ring (bicyclic) bond motifs is 1. The Labute approximate surface area is 117 Å². The second kappa shape index (κ2) is 4.98. The van der Waals surface area contributed by atoms with Crippen LogP contribution in [0.3, 0.4) is 0 Å². The monoisotopic (exact) mass is 268 g/mol. The van der Waals surface area contributed by atoms with Gasteiger partial charge in [-0.2, -0.15) is 0 Å². The zero-order chi connectivity index (χ0) is 14.1. The van der Waals surface area contributed by atoms with Gasteiger partial charge in [-0.25, -0.2) is 4.79 Å². The second-order valence-corrected chi connectivity index (χ2v) is 4.99. The number of amides is 1. The van der Waals surface area contributed by atoms with Crippen molar-refractivity contribution < 1.29 is 9.90 Å². The lowest BCUT2D eigenvalue weighted by Gasteiger charge is -2.11. The minimum Gasteiger partial charge on any atom is -0.465 e. The van der Waals surface area contributed by atoms with Gasteiger partial charge < -0.3 is 10.8 Å². The Hall–Kier alpha value is -2.33. The summed E-state index contributed by atoms with van der Waals surface area (Å²) in [6, 6.07) is 14.1. The number of hydrogen-bond acceptors (Lipinski definition) is 2. The molecular weight excluding hydrogens is 252 g/mol. The molecule has 1 heterocycles. The molecule has 0 fully saturated rings. The van der Waals surface area contributed by atoms with E-state index in [2.05, 4.69) is 6.07 Å². The van der Waals surface area contributed by atoms with Crippen LogP contribution >= 0.6 is 0 Å². The molecule has 0 spiro atoms. The van der Waals surface area contributed by atoms with Crippen LogP contribution < -0.4 is 5.73 Å². The summed E-state index contributed by atoms with van der Waals surface area (Å²) < 4.78 is 0. The van der Waals surface area contributed by atoms with Gasteiger partial charge in [-0.05, 0) is 33.9 Å². The standard InChI is InChI=1S/C16H16N2O2/c17-8-11-6-13-9-18(16(19)20)10-15(13)14(7-11)12-4-2-1-3-5-12/h1-7H,8-10,17H2,(H,19,20). The van der Waals surface area contributed by atoms with Crippen LogP contribution in [0.5, 0.6) is 0 Å². The maximum Gasteiger partial charge on any atom is 0.407 e.